The fraction of sp³-hybridized carbons (Fsp3) is 0.841. The number of rotatable bonds is 9. The number of ketones is 1. The van der Waals surface area contributed by atoms with Gasteiger partial charge in [-0.1, -0.05) is 83.3 Å². The van der Waals surface area contributed by atoms with Gasteiger partial charge in [0, 0.05) is 80.7 Å². The van der Waals surface area contributed by atoms with Crippen LogP contribution in [-0.4, -0.2) is 124 Å². The summed E-state index contributed by atoms with van der Waals surface area (Å²) in [6, 6.07) is -0.00272. The number of aliphatic hydroxyl groups excluding tert-OH is 1. The number of halogens is 3. The number of allylic oxidation sites excluding steroid dienone is 1. The SMILES string of the molecule is CCC(=O)O[C@@]1(C)/C=C(\C)C(=O)[C@H](C)C[C@@](C)(OC(=O)NC(=O)C(Cl)(Cl)Cl)[C@H](O[C@@H]2O[C@H](C)C[C@H](N(C)C)[C@H]2C)[C@@H](C)[C@H](O[C@H]2CC(C)(C)[C@@H](O)[C@H](C)O2)[C@@H](C)C(=O)O[C@@H]1CC.[Ac]. The Morgan fingerprint density at radius 3 is 2.06 bits per heavy atom. The molecule has 2 N–H and O–H groups in total. The van der Waals surface area contributed by atoms with Gasteiger partial charge < -0.3 is 43.2 Å². The molecule has 3 aliphatic heterocycles. The standard InChI is InChI=1S/C44H71Cl3N2O13.Ac/c1-16-30-42(12,61-31(50)17-2)19-22(3)33(51)23(4)20-43(13,62-40(55)48-39(54)44(45,46)47)36(60-38-25(6)29(49(14)15)18-24(5)56-38)26(7)34(27(8)37(53)58-30)59-32-21-41(10,11)35(52)28(9)57-32;/h19,23-30,32,34-36,38,52H,16-18,20-21H2,1-15H3,(H,48,54,55);/b22-19+;/t23-,24-,25-,26+,27-,28+,29+,30-,32+,34+,35+,36-,38+,42+,43-;/m1./s1. The van der Waals surface area contributed by atoms with Crippen LogP contribution in [0.1, 0.15) is 122 Å². The van der Waals surface area contributed by atoms with Crippen molar-refractivity contribution in [3.63, 3.8) is 0 Å². The Morgan fingerprint density at radius 1 is 0.937 bits per heavy atom. The minimum absolute atomic E-state index is 0. The maximum atomic E-state index is 14.6. The molecule has 359 valence electrons. The summed E-state index contributed by atoms with van der Waals surface area (Å²) >= 11 is 17.5. The average Bonchev–Trinajstić information content (AvgIpc) is 3.15. The molecule has 1 radical (unpaired) electrons. The number of Topliss-reactive ketones (excluding diaryl/α,β-unsaturated/α-hetero) is 1. The fourth-order valence-electron chi connectivity index (χ4n) is 9.32. The molecular weight excluding hydrogens is 1100 g/mol. The summed E-state index contributed by atoms with van der Waals surface area (Å²) in [5.74, 6) is -6.19. The first-order valence-corrected chi connectivity index (χ1v) is 22.8. The van der Waals surface area contributed by atoms with E-state index in [1.807, 2.05) is 47.1 Å². The number of ether oxygens (including phenoxy) is 7. The smallest absolute Gasteiger partial charge is 0.414 e. The predicted molar refractivity (Wildman–Crippen MR) is 233 cm³/mol. The van der Waals surface area contributed by atoms with Crippen LogP contribution in [0, 0.1) is 73.1 Å². The van der Waals surface area contributed by atoms with Gasteiger partial charge in [0.15, 0.2) is 24.0 Å². The number of nitrogens with zero attached hydrogens (tertiary/aromatic N) is 1. The molecule has 3 heterocycles. The van der Waals surface area contributed by atoms with E-state index < -0.39 is 111 Å². The molecule has 2 amide bonds. The molecule has 0 saturated carbocycles. The molecule has 15 atom stereocenters. The molecule has 3 aliphatic rings. The summed E-state index contributed by atoms with van der Waals surface area (Å²) in [4.78, 5) is 70.7. The Labute approximate surface area is 424 Å². The molecule has 0 bridgehead atoms. The number of nitrogens with one attached hydrogen (secondary N) is 1. The quantitative estimate of drug-likeness (QED) is 0.134. The number of aliphatic hydroxyl groups is 1. The van der Waals surface area contributed by atoms with E-state index in [0.717, 1.165) is 0 Å². The van der Waals surface area contributed by atoms with Gasteiger partial charge in [0.25, 0.3) is 9.70 Å². The van der Waals surface area contributed by atoms with E-state index in [9.17, 15) is 29.1 Å². The maximum Gasteiger partial charge on any atom is 0.414 e. The monoisotopic (exact) mass is 1170 g/mol. The zero-order valence-corrected chi connectivity index (χ0v) is 46.6. The van der Waals surface area contributed by atoms with Gasteiger partial charge in [0.05, 0.1) is 30.3 Å². The molecule has 0 spiro atoms. The molecule has 0 aromatic heterocycles. The van der Waals surface area contributed by atoms with Crippen LogP contribution in [0.4, 0.5) is 4.79 Å². The second kappa shape index (κ2) is 23.6. The Balaban J connectivity index is 0.0000137. The molecule has 2 saturated heterocycles. The van der Waals surface area contributed by atoms with Crippen LogP contribution in [0.2, 0.25) is 0 Å². The largest absolute Gasteiger partial charge is 0.457 e. The van der Waals surface area contributed by atoms with Gasteiger partial charge in [-0.3, -0.25) is 24.5 Å². The van der Waals surface area contributed by atoms with E-state index >= 15 is 0 Å². The predicted octanol–water partition coefficient (Wildman–Crippen LogP) is 7.22. The second-order valence-electron chi connectivity index (χ2n) is 19.0. The zero-order chi connectivity index (χ0) is 47.4. The third-order valence-electron chi connectivity index (χ3n) is 12.7. The van der Waals surface area contributed by atoms with Crippen molar-refractivity contribution in [2.24, 2.45) is 29.1 Å². The molecule has 0 aliphatic carbocycles. The first kappa shape index (κ1) is 58.5. The maximum absolute atomic E-state index is 14.6. The fourth-order valence-corrected chi connectivity index (χ4v) is 9.46. The summed E-state index contributed by atoms with van der Waals surface area (Å²) in [5, 5.41) is 13.0. The zero-order valence-electron chi connectivity index (χ0n) is 39.6. The van der Waals surface area contributed by atoms with Gasteiger partial charge in [-0.15, -0.1) is 0 Å². The normalized spacial score (nSPS) is 39.1. The van der Waals surface area contributed by atoms with Crippen molar-refractivity contribution in [3.05, 3.63) is 11.6 Å². The molecule has 0 aromatic rings. The molecule has 63 heavy (non-hydrogen) atoms. The molecule has 15 nitrogen and oxygen atoms in total. The topological polar surface area (TPSA) is 185 Å². The van der Waals surface area contributed by atoms with Crippen LogP contribution in [-0.2, 0) is 52.3 Å². The van der Waals surface area contributed by atoms with E-state index in [2.05, 4.69) is 4.90 Å². The van der Waals surface area contributed by atoms with Crippen LogP contribution < -0.4 is 5.32 Å². The Morgan fingerprint density at radius 2 is 1.54 bits per heavy atom. The molecule has 0 unspecified atom stereocenters. The van der Waals surface area contributed by atoms with E-state index in [1.54, 1.807) is 62.3 Å². The van der Waals surface area contributed by atoms with E-state index in [4.69, 9.17) is 68.0 Å². The van der Waals surface area contributed by atoms with Crippen molar-refractivity contribution in [2.45, 2.75) is 192 Å². The average molecular weight is 1170 g/mol. The van der Waals surface area contributed by atoms with Gasteiger partial charge >= 0.3 is 18.0 Å². The Kier molecular flexibility index (Phi) is 21.9. The number of hydrogen-bond donors (Lipinski definition) is 2. The first-order valence-electron chi connectivity index (χ1n) is 21.6. The molecular formula is C44H71AcCl3N2O13. The van der Waals surface area contributed by atoms with Crippen LogP contribution in [0.25, 0.3) is 0 Å². The number of esters is 2. The summed E-state index contributed by atoms with van der Waals surface area (Å²) in [5.41, 5.74) is -3.89. The van der Waals surface area contributed by atoms with Gasteiger partial charge in [0.1, 0.15) is 17.8 Å². The van der Waals surface area contributed by atoms with Crippen LogP contribution in [0.15, 0.2) is 11.6 Å². The van der Waals surface area contributed by atoms with Crippen molar-refractivity contribution in [1.29, 1.82) is 0 Å². The number of carbonyl (C=O) groups excluding carboxylic acids is 5. The van der Waals surface area contributed by atoms with Crippen LogP contribution in [0.3, 0.4) is 0 Å². The van der Waals surface area contributed by atoms with Crippen LogP contribution in [0.5, 0.6) is 0 Å². The number of alkyl halides is 3. The summed E-state index contributed by atoms with van der Waals surface area (Å²) in [6.07, 6.45) is -5.92. The Hall–Kier alpha value is -0.638. The van der Waals surface area contributed by atoms with Gasteiger partial charge in [0.2, 0.25) is 0 Å². The van der Waals surface area contributed by atoms with Gasteiger partial charge in [-0.05, 0) is 92.0 Å². The second-order valence-corrected chi connectivity index (χ2v) is 21.2. The number of alkyl carbamates (subject to hydrolysis) is 1. The molecule has 19 heteroatoms. The van der Waals surface area contributed by atoms with Crippen molar-refractivity contribution in [2.75, 3.05) is 14.1 Å². The van der Waals surface area contributed by atoms with Crippen molar-refractivity contribution in [3.8, 4) is 0 Å². The van der Waals surface area contributed by atoms with Crippen molar-refractivity contribution >= 4 is 64.5 Å². The molecule has 3 rings (SSSR count). The van der Waals surface area contributed by atoms with Crippen LogP contribution >= 0.6 is 34.8 Å². The van der Waals surface area contributed by atoms with E-state index in [0.29, 0.717) is 6.42 Å². The van der Waals surface area contributed by atoms with Gasteiger partial charge in [-0.25, -0.2) is 4.79 Å². The number of amides is 2. The van der Waals surface area contributed by atoms with Gasteiger partial charge in [-0.2, -0.15) is 0 Å². The number of carbonyl (C=O) groups is 5. The molecule has 0 aromatic carbocycles. The molecule has 2 fully saturated rings. The van der Waals surface area contributed by atoms with Crippen molar-refractivity contribution in [1.82, 2.24) is 10.2 Å². The van der Waals surface area contributed by atoms with E-state index in [-0.39, 0.29) is 93.4 Å². The third kappa shape index (κ3) is 14.9. The minimum Gasteiger partial charge on any atom is -0.457 e. The summed E-state index contributed by atoms with van der Waals surface area (Å²) < 4.78 is 42.5. The Bertz CT molecular complexity index is 1650. The summed E-state index contributed by atoms with van der Waals surface area (Å²) in [6.45, 7) is 22.5. The third-order valence-corrected chi connectivity index (χ3v) is 13.3. The number of cyclic esters (lactones) is 1. The van der Waals surface area contributed by atoms with Crippen molar-refractivity contribution < 1.29 is 106 Å². The summed E-state index contributed by atoms with van der Waals surface area (Å²) in [7, 11) is 3.92. The van der Waals surface area contributed by atoms with E-state index in [1.165, 1.54) is 6.08 Å². The number of imide groups is 1. The first-order chi connectivity index (χ1) is 28.4. The minimum atomic E-state index is -2.53. The number of hydrogen-bond acceptors (Lipinski definition) is 14.